The molecule has 13 aromatic rings. The highest BCUT2D eigenvalue weighted by molar-refractivity contribution is 7.98. The van der Waals surface area contributed by atoms with Gasteiger partial charge in [-0.05, 0) is 140 Å². The fourth-order valence-corrected chi connectivity index (χ4v) is 22.4. The molecule has 0 spiro atoms. The predicted octanol–water partition coefficient (Wildman–Crippen LogP) is 15.2. The first-order valence-electron chi connectivity index (χ1n) is 45.0. The number of anilines is 5. The summed E-state index contributed by atoms with van der Waals surface area (Å²) in [7, 11) is 1.61. The molecule has 9 aliphatic rings. The molecule has 0 bridgehead atoms. The van der Waals surface area contributed by atoms with E-state index in [4.69, 9.17) is 37.4 Å². The number of halogens is 5. The van der Waals surface area contributed by atoms with E-state index < -0.39 is 61.6 Å². The number of para-hydroxylation sites is 1. The van der Waals surface area contributed by atoms with Crippen LogP contribution in [0.2, 0.25) is 0 Å². The summed E-state index contributed by atoms with van der Waals surface area (Å²) in [5, 5.41) is 24.2. The van der Waals surface area contributed by atoms with E-state index in [1.807, 2.05) is 146 Å². The lowest BCUT2D eigenvalue weighted by Crippen LogP contribution is -2.51. The van der Waals surface area contributed by atoms with Gasteiger partial charge in [0.15, 0.2) is 38.0 Å². The van der Waals surface area contributed by atoms with Gasteiger partial charge in [0, 0.05) is 82.1 Å². The van der Waals surface area contributed by atoms with Gasteiger partial charge in [0.2, 0.25) is 35.7 Å². The van der Waals surface area contributed by atoms with Crippen LogP contribution in [0.4, 0.5) is 50.9 Å². The van der Waals surface area contributed by atoms with Gasteiger partial charge < -0.3 is 10.2 Å². The summed E-state index contributed by atoms with van der Waals surface area (Å²) in [5.74, 6) is -0.393. The number of hydrogen-bond acceptors (Lipinski definition) is 23. The molecular weight excluding hydrogens is 1830 g/mol. The number of nitrogens with zero attached hydrogens (tertiary/aromatic N) is 22. The number of benzene rings is 5. The Bertz CT molecular complexity index is 7360. The Labute approximate surface area is 798 Å². The van der Waals surface area contributed by atoms with E-state index >= 15 is 0 Å². The highest BCUT2D eigenvalue weighted by Crippen LogP contribution is 2.47. The third-order valence-corrected chi connectivity index (χ3v) is 29.4. The fourth-order valence-electron chi connectivity index (χ4n) is 19.6. The Morgan fingerprint density at radius 1 is 0.496 bits per heavy atom. The summed E-state index contributed by atoms with van der Waals surface area (Å²) in [6.45, 7) is 8.63. The van der Waals surface area contributed by atoms with Crippen molar-refractivity contribution in [2.24, 2.45) is 27.4 Å². The summed E-state index contributed by atoms with van der Waals surface area (Å²) < 4.78 is 116. The van der Waals surface area contributed by atoms with Crippen LogP contribution in [0.15, 0.2) is 222 Å². The fraction of sp³-hybridized carbons (Fsp3) is 0.337. The van der Waals surface area contributed by atoms with Gasteiger partial charge in [-0.1, -0.05) is 166 Å². The second-order valence-electron chi connectivity index (χ2n) is 36.8. The zero-order valence-electron chi connectivity index (χ0n) is 76.9. The third kappa shape index (κ3) is 17.6. The number of amides is 2. The molecule has 6 aliphatic heterocycles. The molecule has 3 aliphatic carbocycles. The van der Waals surface area contributed by atoms with Crippen molar-refractivity contribution in [1.82, 2.24) is 77.9 Å². The Morgan fingerprint density at radius 3 is 1.34 bits per heavy atom. The average molecular weight is 1930 g/mol. The molecule has 7 atom stereocenters. The van der Waals surface area contributed by atoms with Crippen LogP contribution in [0, 0.1) is 23.3 Å². The molecule has 14 heterocycles. The lowest BCUT2D eigenvalue weighted by Gasteiger charge is -2.35. The number of guanidine groups is 3. The summed E-state index contributed by atoms with van der Waals surface area (Å²) >= 11 is 7.36. The summed E-state index contributed by atoms with van der Waals surface area (Å²) in [6.07, 6.45) is 13.9. The van der Waals surface area contributed by atoms with Crippen molar-refractivity contribution in [2.75, 3.05) is 59.9 Å². The Morgan fingerprint density at radius 2 is 0.905 bits per heavy atom. The number of thiocarbonyl (C=S) groups is 1. The normalized spacial score (nSPS) is 19.1. The van der Waals surface area contributed by atoms with E-state index in [2.05, 4.69) is 40.3 Å². The van der Waals surface area contributed by atoms with Gasteiger partial charge in [-0.15, -0.1) is 11.8 Å². The second kappa shape index (κ2) is 36.5. The minimum atomic E-state index is -3.78. The number of fused-ring (bicyclic) bond motifs is 16. The molecule has 39 heteroatoms. The van der Waals surface area contributed by atoms with Gasteiger partial charge in [-0.2, -0.15) is 33.6 Å². The van der Waals surface area contributed by atoms with Crippen LogP contribution in [0.1, 0.15) is 140 Å². The Balaban J connectivity index is 0.000000117. The number of carbonyl (C=O) groups is 2. The van der Waals surface area contributed by atoms with Crippen LogP contribution in [0.25, 0.3) is 44.8 Å². The second-order valence-corrected chi connectivity index (χ2v) is 41.2. The lowest BCUT2D eigenvalue weighted by atomic mass is 9.97. The smallest absolute Gasteiger partial charge is 0.332 e. The van der Waals surface area contributed by atoms with E-state index in [-0.39, 0.29) is 58.2 Å². The van der Waals surface area contributed by atoms with Crippen LogP contribution >= 0.6 is 24.0 Å². The lowest BCUT2D eigenvalue weighted by molar-refractivity contribution is 0.0174. The summed E-state index contributed by atoms with van der Waals surface area (Å²) in [4.78, 5) is 90.7. The van der Waals surface area contributed by atoms with Gasteiger partial charge in [0.05, 0.1) is 95.9 Å². The molecule has 8 aromatic heterocycles. The number of aromatic nitrogens is 13. The van der Waals surface area contributed by atoms with Crippen molar-refractivity contribution in [2.45, 2.75) is 175 Å². The first-order valence-corrected chi connectivity index (χ1v) is 50.1. The molecule has 30 nitrogen and oxygen atoms in total. The zero-order valence-corrected chi connectivity index (χ0v) is 80.2. The number of carbonyl (C=O) groups excluding carboxylic acids is 2. The maximum Gasteiger partial charge on any atom is 0.332 e. The molecule has 706 valence electrons. The van der Waals surface area contributed by atoms with E-state index in [9.17, 15) is 53.8 Å². The Hall–Kier alpha value is -13.5. The van der Waals surface area contributed by atoms with E-state index in [0.29, 0.717) is 111 Å². The SMILES string of the molecule is CN1C(=O)c2c(nn(Cc3ccc(-c4cccc(F)n4)cc3)c2S(C)(=O)=O)N2C1=N[C@@H]1CCC[C@@H]12.CN1C(=O)c2c(nn(Cc3ccc(-c4cccc(F)n4)cc3)c2S(C)=O)N2C1=N[C@@H]1CCC[C@@H]12.CN1C(=S)c2c(nn(Cc3ccc(-c4cccc(F)n4)cc3)c2Nc2ccccc2)N2C1=N[C@@H]1CCC[C@@H]12.CSc1c2c(=O)n(C)c(=O)n(CC(C)(C)C)c2nn1Cc1ccc(C(C)(F)F)cc1. The number of hydrogen-bond donors (Lipinski definition) is 1. The number of alkyl halides is 2. The molecule has 1 N–H and O–H groups in total. The molecule has 2 amide bonds. The zero-order chi connectivity index (χ0) is 96.3. The first-order chi connectivity index (χ1) is 65.5. The van der Waals surface area contributed by atoms with Gasteiger partial charge in [-0.25, -0.2) is 66.0 Å². The number of pyridine rings is 3. The monoisotopic (exact) mass is 1930 g/mol. The van der Waals surface area contributed by atoms with E-state index in [0.717, 1.165) is 137 Å². The number of sulfone groups is 1. The van der Waals surface area contributed by atoms with Crippen LogP contribution in [-0.2, 0) is 66.3 Å². The van der Waals surface area contributed by atoms with E-state index in [1.165, 1.54) is 69.7 Å². The van der Waals surface area contributed by atoms with Crippen LogP contribution in [0.5, 0.6) is 0 Å². The van der Waals surface area contributed by atoms with Gasteiger partial charge in [0.1, 0.15) is 37.4 Å². The largest absolute Gasteiger partial charge is 0.340 e. The molecule has 5 aromatic carbocycles. The van der Waals surface area contributed by atoms with Crippen molar-refractivity contribution in [3.63, 3.8) is 0 Å². The number of aliphatic imine (C=N–C) groups is 3. The topological polar surface area (TPSA) is 308 Å². The molecule has 3 fully saturated rings. The maximum absolute atomic E-state index is 13.6. The van der Waals surface area contributed by atoms with Crippen molar-refractivity contribution in [1.29, 1.82) is 0 Å². The molecule has 22 rings (SSSR count). The van der Waals surface area contributed by atoms with Crippen LogP contribution in [-0.4, -0.2) is 201 Å². The first kappa shape index (κ1) is 92.5. The molecule has 0 saturated heterocycles. The highest BCUT2D eigenvalue weighted by Gasteiger charge is 2.53. The number of nitrogens with one attached hydrogen (secondary N) is 1. The van der Waals surface area contributed by atoms with Crippen molar-refractivity contribution >= 4 is 119 Å². The summed E-state index contributed by atoms with van der Waals surface area (Å²) in [5.41, 5.74) is 9.28. The Kier molecular flexibility index (Phi) is 24.7. The average Bonchev–Trinajstić information content (AvgIpc) is 1.56. The number of rotatable bonds is 18. The van der Waals surface area contributed by atoms with Crippen LogP contribution < -0.4 is 31.3 Å². The predicted molar refractivity (Wildman–Crippen MR) is 521 cm³/mol. The highest BCUT2D eigenvalue weighted by atomic mass is 32.2. The van der Waals surface area contributed by atoms with Crippen molar-refractivity contribution in [3.8, 4) is 33.8 Å². The standard InChI is InChI=1S/C29H26FN7S.C24H23FN6O3S.C24H23FN6O2S.C21H26F2N4O2S/c1-35-28(38)25-26(31-20-7-3-2-4-8-20)36(34-27(25)37-23-11-5-10-22(23)33-29(35)37)17-18-13-15-19(16-14-18)21-9-6-12-24(30)32-21;1-29-22(32)20-21(31-18-7-3-6-17(18)27-24(29)31)28-30(23(20)35(2,33)34)13-14-9-11-15(12-10-14)16-5-4-8-19(25)26-16;1-29-22(32)20-21(31-18-7-3-6-17(18)27-24(29)31)28-30(23(20)34(2)33)13-14-9-11-15(12-10-14)16-5-4-8-19(25)26-16;1-20(2,3)12-26-16-15(17(28)25(5)19(26)29)18(30-6)27(24-16)11-13-7-9-14(10-8-13)21(4,22)23/h2-4,6-9,12-16,22-23,31H,5,10-11,17H2,1H3;4-5,8-12,17-18H,3,6-7,13H2,1-2H3;4-5,8-12,17-18H,3,6-7,13H2,1-2H3;7-10H,11-12H2,1-6H3/t22-,23+;17-,18+;17-,18+,34?;/m111./s1. The van der Waals surface area contributed by atoms with Gasteiger partial charge >= 0.3 is 5.69 Å². The molecule has 0 radical (unpaired) electrons. The third-order valence-electron chi connectivity index (χ3n) is 26.0. The van der Waals surface area contributed by atoms with Gasteiger partial charge in [-0.3, -0.25) is 56.9 Å². The molecule has 137 heavy (non-hydrogen) atoms. The summed E-state index contributed by atoms with van der Waals surface area (Å²) in [6, 6.07) is 54.2. The molecule has 1 unspecified atom stereocenters. The minimum Gasteiger partial charge on any atom is -0.340 e. The molecular formula is C98H98F5N23O7S4. The maximum atomic E-state index is 13.6. The van der Waals surface area contributed by atoms with E-state index in [1.54, 1.807) is 89.2 Å². The molecule has 3 saturated carbocycles. The minimum absolute atomic E-state index is 0.0603. The van der Waals surface area contributed by atoms with Crippen molar-refractivity contribution < 1.29 is 44.2 Å². The van der Waals surface area contributed by atoms with Crippen molar-refractivity contribution in [3.05, 3.63) is 265 Å². The number of thioether (sulfide) groups is 1. The van der Waals surface area contributed by atoms with Gasteiger partial charge in [0.25, 0.3) is 23.3 Å². The van der Waals surface area contributed by atoms with Crippen LogP contribution in [0.3, 0.4) is 0 Å². The quantitative estimate of drug-likeness (QED) is 0.0361.